The second kappa shape index (κ2) is 8.34. The smallest absolute Gasteiger partial charge is 0.410 e. The number of carbonyl (C=O) groups is 1. The Hall–Kier alpha value is -1.55. The maximum atomic E-state index is 11.9. The minimum absolute atomic E-state index is 0.264. The van der Waals surface area contributed by atoms with E-state index in [9.17, 15) is 4.79 Å². The lowest BCUT2D eigenvalue weighted by Crippen LogP contribution is -2.35. The summed E-state index contributed by atoms with van der Waals surface area (Å²) < 4.78 is 5.34. The van der Waals surface area contributed by atoms with Crippen LogP contribution in [0.25, 0.3) is 0 Å². The van der Waals surface area contributed by atoms with Crippen molar-refractivity contribution in [3.05, 3.63) is 34.9 Å². The first-order valence-corrected chi connectivity index (χ1v) is 8.35. The fourth-order valence-corrected chi connectivity index (χ4v) is 2.22. The molecule has 1 aromatic rings. The molecule has 0 aliphatic heterocycles. The van der Waals surface area contributed by atoms with Crippen molar-refractivity contribution < 1.29 is 9.53 Å². The minimum Gasteiger partial charge on any atom is -0.444 e. The van der Waals surface area contributed by atoms with E-state index in [-0.39, 0.29) is 6.09 Å². The summed E-state index contributed by atoms with van der Waals surface area (Å²) in [4.78, 5) is 13.5. The fraction of sp³-hybridized carbons (Fsp3) is 0.632. The van der Waals surface area contributed by atoms with Gasteiger partial charge < -0.3 is 15.0 Å². The summed E-state index contributed by atoms with van der Waals surface area (Å²) >= 11 is 0. The van der Waals surface area contributed by atoms with E-state index in [0.717, 1.165) is 13.0 Å². The first kappa shape index (κ1) is 19.5. The molecule has 0 fully saturated rings. The molecule has 0 heterocycles. The lowest BCUT2D eigenvalue weighted by Gasteiger charge is -2.25. The van der Waals surface area contributed by atoms with Crippen LogP contribution in [0.4, 0.5) is 4.79 Å². The van der Waals surface area contributed by atoms with E-state index in [1.54, 1.807) is 11.9 Å². The Morgan fingerprint density at radius 1 is 1.26 bits per heavy atom. The number of benzene rings is 1. The molecule has 4 nitrogen and oxygen atoms in total. The van der Waals surface area contributed by atoms with Gasteiger partial charge in [-0.3, -0.25) is 0 Å². The molecule has 4 heteroatoms. The Morgan fingerprint density at radius 2 is 1.91 bits per heavy atom. The molecule has 1 amide bonds. The van der Waals surface area contributed by atoms with Crippen molar-refractivity contribution in [1.82, 2.24) is 10.2 Å². The SMILES string of the molecule is Cc1ccc(C(C)NCCCN(C)C(=O)OC(C)(C)C)cc1C. The van der Waals surface area contributed by atoms with E-state index in [1.807, 2.05) is 20.8 Å². The number of carbonyl (C=O) groups excluding carboxylic acids is 1. The number of hydrogen-bond donors (Lipinski definition) is 1. The molecule has 0 bridgehead atoms. The van der Waals surface area contributed by atoms with E-state index in [1.165, 1.54) is 16.7 Å². The molecule has 0 aliphatic carbocycles. The Balaban J connectivity index is 2.33. The Bertz CT molecular complexity index is 521. The van der Waals surface area contributed by atoms with Crippen molar-refractivity contribution in [2.45, 2.75) is 59.6 Å². The molecule has 1 aromatic carbocycles. The van der Waals surface area contributed by atoms with Crippen molar-refractivity contribution >= 4 is 6.09 Å². The Morgan fingerprint density at radius 3 is 2.48 bits per heavy atom. The average molecular weight is 320 g/mol. The molecule has 1 rings (SSSR count). The summed E-state index contributed by atoms with van der Waals surface area (Å²) in [7, 11) is 1.78. The van der Waals surface area contributed by atoms with Crippen molar-refractivity contribution in [1.29, 1.82) is 0 Å². The van der Waals surface area contributed by atoms with Gasteiger partial charge in [0.15, 0.2) is 0 Å². The molecule has 0 aliphatic rings. The molecule has 23 heavy (non-hydrogen) atoms. The highest BCUT2D eigenvalue weighted by Gasteiger charge is 2.19. The fourth-order valence-electron chi connectivity index (χ4n) is 2.22. The number of nitrogens with one attached hydrogen (secondary N) is 1. The number of ether oxygens (including phenoxy) is 1. The van der Waals surface area contributed by atoms with Gasteiger partial charge in [-0.15, -0.1) is 0 Å². The van der Waals surface area contributed by atoms with Crippen LogP contribution in [0.15, 0.2) is 18.2 Å². The predicted molar refractivity (Wildman–Crippen MR) is 95.8 cm³/mol. The largest absolute Gasteiger partial charge is 0.444 e. The molecule has 1 atom stereocenters. The zero-order valence-electron chi connectivity index (χ0n) is 15.7. The molecule has 0 saturated heterocycles. The molecular weight excluding hydrogens is 288 g/mol. The van der Waals surface area contributed by atoms with Crippen LogP contribution in [0.3, 0.4) is 0 Å². The lowest BCUT2D eigenvalue weighted by molar-refractivity contribution is 0.0297. The molecular formula is C19H32N2O2. The van der Waals surface area contributed by atoms with Crippen molar-refractivity contribution in [2.24, 2.45) is 0 Å². The van der Waals surface area contributed by atoms with Crippen LogP contribution in [0, 0.1) is 13.8 Å². The third-order valence-electron chi connectivity index (χ3n) is 3.86. The number of nitrogens with zero attached hydrogens (tertiary/aromatic N) is 1. The third-order valence-corrected chi connectivity index (χ3v) is 3.86. The summed E-state index contributed by atoms with van der Waals surface area (Å²) in [5.41, 5.74) is 3.50. The highest BCUT2D eigenvalue weighted by Crippen LogP contribution is 2.16. The summed E-state index contributed by atoms with van der Waals surface area (Å²) in [6.07, 6.45) is 0.630. The van der Waals surface area contributed by atoms with Gasteiger partial charge in [0.25, 0.3) is 0 Å². The maximum Gasteiger partial charge on any atom is 0.410 e. The zero-order valence-corrected chi connectivity index (χ0v) is 15.7. The second-order valence-corrected chi connectivity index (χ2v) is 7.27. The van der Waals surface area contributed by atoms with Gasteiger partial charge in [-0.2, -0.15) is 0 Å². The summed E-state index contributed by atoms with van der Waals surface area (Å²) in [5, 5.41) is 3.51. The molecule has 0 radical (unpaired) electrons. The highest BCUT2D eigenvalue weighted by molar-refractivity contribution is 5.67. The summed E-state index contributed by atoms with van der Waals surface area (Å²) in [6, 6.07) is 6.88. The topological polar surface area (TPSA) is 41.6 Å². The number of rotatable bonds is 6. The van der Waals surface area contributed by atoms with Crippen molar-refractivity contribution in [3.8, 4) is 0 Å². The van der Waals surface area contributed by atoms with Gasteiger partial charge in [0.2, 0.25) is 0 Å². The molecule has 1 N–H and O–H groups in total. The van der Waals surface area contributed by atoms with Gasteiger partial charge >= 0.3 is 6.09 Å². The van der Waals surface area contributed by atoms with Gasteiger partial charge in [-0.05, 0) is 71.2 Å². The summed E-state index contributed by atoms with van der Waals surface area (Å²) in [5.74, 6) is 0. The molecule has 1 unspecified atom stereocenters. The van der Waals surface area contributed by atoms with Crippen LogP contribution >= 0.6 is 0 Å². The van der Waals surface area contributed by atoms with E-state index < -0.39 is 5.60 Å². The molecule has 0 saturated carbocycles. The van der Waals surface area contributed by atoms with Gasteiger partial charge in [0.05, 0.1) is 0 Å². The van der Waals surface area contributed by atoms with Crippen molar-refractivity contribution in [3.63, 3.8) is 0 Å². The van der Waals surface area contributed by atoms with Gasteiger partial charge in [-0.25, -0.2) is 4.79 Å². The summed E-state index contributed by atoms with van der Waals surface area (Å²) in [6.45, 7) is 13.6. The first-order valence-electron chi connectivity index (χ1n) is 8.35. The van der Waals surface area contributed by atoms with E-state index >= 15 is 0 Å². The number of aryl methyl sites for hydroxylation is 2. The van der Waals surface area contributed by atoms with Crippen LogP contribution in [0.5, 0.6) is 0 Å². The molecule has 0 aromatic heterocycles. The third kappa shape index (κ3) is 7.04. The maximum absolute atomic E-state index is 11.9. The highest BCUT2D eigenvalue weighted by atomic mass is 16.6. The number of amides is 1. The van der Waals surface area contributed by atoms with Gasteiger partial charge in [0.1, 0.15) is 5.60 Å². The van der Waals surface area contributed by atoms with Crippen LogP contribution in [0.1, 0.15) is 56.8 Å². The van der Waals surface area contributed by atoms with E-state index in [0.29, 0.717) is 12.6 Å². The van der Waals surface area contributed by atoms with E-state index in [2.05, 4.69) is 44.3 Å². The standard InChI is InChI=1S/C19H32N2O2/c1-14-9-10-17(13-15(14)2)16(3)20-11-8-12-21(7)18(22)23-19(4,5)6/h9-10,13,16,20H,8,11-12H2,1-7H3. The monoisotopic (exact) mass is 320 g/mol. The van der Waals surface area contributed by atoms with Crippen LogP contribution in [-0.2, 0) is 4.74 Å². The van der Waals surface area contributed by atoms with Gasteiger partial charge in [0, 0.05) is 19.6 Å². The lowest BCUT2D eigenvalue weighted by atomic mass is 10.0. The van der Waals surface area contributed by atoms with Crippen LogP contribution < -0.4 is 5.32 Å². The van der Waals surface area contributed by atoms with E-state index in [4.69, 9.17) is 4.74 Å². The first-order chi connectivity index (χ1) is 10.6. The normalized spacial score (nSPS) is 12.8. The van der Waals surface area contributed by atoms with Crippen molar-refractivity contribution in [2.75, 3.05) is 20.1 Å². The Labute approximate surface area is 141 Å². The number of hydrogen-bond acceptors (Lipinski definition) is 3. The zero-order chi connectivity index (χ0) is 17.6. The van der Waals surface area contributed by atoms with Crippen LogP contribution in [0.2, 0.25) is 0 Å². The second-order valence-electron chi connectivity index (χ2n) is 7.27. The minimum atomic E-state index is -0.443. The quantitative estimate of drug-likeness (QED) is 0.798. The molecule has 0 spiro atoms. The predicted octanol–water partition coefficient (Wildman–Crippen LogP) is 4.21. The molecule has 130 valence electrons. The Kier molecular flexibility index (Phi) is 7.07. The van der Waals surface area contributed by atoms with Crippen LogP contribution in [-0.4, -0.2) is 36.7 Å². The average Bonchev–Trinajstić information content (AvgIpc) is 2.44. The van der Waals surface area contributed by atoms with Gasteiger partial charge in [-0.1, -0.05) is 18.2 Å².